The molecule has 0 atom stereocenters. The molecular formula is C35H21N5O. The Kier molecular flexibility index (Phi) is 3.17. The summed E-state index contributed by atoms with van der Waals surface area (Å²) in [5, 5.41) is 2.22. The number of hydrogen-bond acceptors (Lipinski definition) is 3. The average molecular weight is 528 g/mol. The number of imidazole rings is 4. The predicted octanol–water partition coefficient (Wildman–Crippen LogP) is 8.34. The monoisotopic (exact) mass is 527 g/mol. The molecule has 1 aliphatic carbocycles. The second-order valence-electron chi connectivity index (χ2n) is 11.9. The van der Waals surface area contributed by atoms with Crippen LogP contribution in [-0.4, -0.2) is 23.2 Å². The molecule has 0 N–H and O–H groups in total. The Bertz CT molecular complexity index is 2780. The highest BCUT2D eigenvalue weighted by atomic mass is 16.3. The summed E-state index contributed by atoms with van der Waals surface area (Å²) in [7, 11) is 0. The molecule has 41 heavy (non-hydrogen) atoms. The van der Waals surface area contributed by atoms with Crippen LogP contribution in [0.3, 0.4) is 0 Å². The summed E-state index contributed by atoms with van der Waals surface area (Å²) in [6.07, 6.45) is 0. The van der Waals surface area contributed by atoms with Crippen LogP contribution in [0.2, 0.25) is 0 Å². The maximum Gasteiger partial charge on any atom is 0.223 e. The molecule has 0 aliphatic heterocycles. The molecular weight excluding hydrogens is 506 g/mol. The Balaban J connectivity index is 1.35. The highest BCUT2D eigenvalue weighted by Gasteiger charge is 2.37. The molecule has 0 saturated heterocycles. The lowest BCUT2D eigenvalue weighted by Crippen LogP contribution is -2.14. The molecule has 0 spiro atoms. The van der Waals surface area contributed by atoms with Crippen LogP contribution in [0, 0.1) is 0 Å². The van der Waals surface area contributed by atoms with Crippen LogP contribution in [0.15, 0.2) is 95.4 Å². The molecule has 5 heterocycles. The Morgan fingerprint density at radius 2 is 1.41 bits per heavy atom. The van der Waals surface area contributed by atoms with Gasteiger partial charge in [-0.05, 0) is 53.1 Å². The summed E-state index contributed by atoms with van der Waals surface area (Å²) >= 11 is 0. The van der Waals surface area contributed by atoms with Crippen molar-refractivity contribution in [3.8, 4) is 11.1 Å². The Labute approximate surface area is 232 Å². The second-order valence-corrected chi connectivity index (χ2v) is 11.9. The van der Waals surface area contributed by atoms with Gasteiger partial charge >= 0.3 is 0 Å². The molecule has 0 radical (unpaired) electrons. The summed E-state index contributed by atoms with van der Waals surface area (Å²) in [6, 6.07) is 32.3. The van der Waals surface area contributed by atoms with Gasteiger partial charge in [-0.15, -0.1) is 0 Å². The average Bonchev–Trinajstić information content (AvgIpc) is 3.79. The van der Waals surface area contributed by atoms with E-state index >= 15 is 0 Å². The molecule has 192 valence electrons. The minimum Gasteiger partial charge on any atom is -0.454 e. The maximum atomic E-state index is 6.47. The van der Waals surface area contributed by atoms with Crippen LogP contribution in [0.25, 0.3) is 83.2 Å². The van der Waals surface area contributed by atoms with Crippen molar-refractivity contribution in [3.63, 3.8) is 0 Å². The Morgan fingerprint density at radius 1 is 0.610 bits per heavy atom. The fourth-order valence-electron chi connectivity index (χ4n) is 7.81. The van der Waals surface area contributed by atoms with E-state index in [1.165, 1.54) is 22.3 Å². The van der Waals surface area contributed by atoms with E-state index in [9.17, 15) is 0 Å². The second kappa shape index (κ2) is 6.34. The van der Waals surface area contributed by atoms with E-state index in [2.05, 4.69) is 106 Å². The van der Waals surface area contributed by atoms with Crippen molar-refractivity contribution in [3.05, 3.63) is 102 Å². The van der Waals surface area contributed by atoms with Gasteiger partial charge in [0.15, 0.2) is 5.58 Å². The number of aromatic nitrogens is 5. The number of para-hydroxylation sites is 2. The first-order valence-electron chi connectivity index (χ1n) is 14.0. The fourth-order valence-corrected chi connectivity index (χ4v) is 7.81. The van der Waals surface area contributed by atoms with E-state index in [1.54, 1.807) is 0 Å². The lowest BCUT2D eigenvalue weighted by molar-refractivity contribution is 0.661. The topological polar surface area (TPSA) is 52.2 Å². The minimum absolute atomic E-state index is 0.0706. The van der Waals surface area contributed by atoms with Crippen molar-refractivity contribution in [1.82, 2.24) is 23.2 Å². The van der Waals surface area contributed by atoms with Crippen molar-refractivity contribution >= 4 is 72.1 Å². The van der Waals surface area contributed by atoms with E-state index in [0.29, 0.717) is 0 Å². The van der Waals surface area contributed by atoms with Gasteiger partial charge in [0.25, 0.3) is 0 Å². The van der Waals surface area contributed by atoms with Crippen LogP contribution in [0.1, 0.15) is 25.0 Å². The van der Waals surface area contributed by atoms with Crippen LogP contribution in [0.4, 0.5) is 0 Å². The van der Waals surface area contributed by atoms with Crippen LogP contribution < -0.4 is 0 Å². The van der Waals surface area contributed by atoms with E-state index in [1.807, 2.05) is 12.1 Å². The maximum absolute atomic E-state index is 6.47. The molecule has 0 saturated carbocycles. The van der Waals surface area contributed by atoms with E-state index in [0.717, 1.165) is 72.1 Å². The van der Waals surface area contributed by atoms with Gasteiger partial charge in [0, 0.05) is 21.8 Å². The summed E-state index contributed by atoms with van der Waals surface area (Å²) in [5.41, 5.74) is 14.3. The number of rotatable bonds is 0. The zero-order chi connectivity index (χ0) is 26.8. The van der Waals surface area contributed by atoms with E-state index < -0.39 is 0 Å². The highest BCUT2D eigenvalue weighted by Crippen LogP contribution is 2.51. The summed E-state index contributed by atoms with van der Waals surface area (Å²) in [5.74, 6) is 1.73. The smallest absolute Gasteiger partial charge is 0.223 e. The zero-order valence-corrected chi connectivity index (χ0v) is 22.3. The summed E-state index contributed by atoms with van der Waals surface area (Å²) in [4.78, 5) is 10.6. The molecule has 5 aromatic heterocycles. The number of furan rings is 1. The van der Waals surface area contributed by atoms with Crippen molar-refractivity contribution in [2.75, 3.05) is 0 Å². The van der Waals surface area contributed by atoms with Gasteiger partial charge in [0.05, 0.1) is 27.6 Å². The highest BCUT2D eigenvalue weighted by molar-refractivity contribution is 6.16. The SMILES string of the molecule is CC1(C)c2ccccc2-c2c1ccc1c2nc2n1c1cccc3c1n2c1nc2ccc4c5ccccc5oc4c2n31. The zero-order valence-electron chi connectivity index (χ0n) is 22.3. The van der Waals surface area contributed by atoms with Gasteiger partial charge in [0.2, 0.25) is 11.6 Å². The lowest BCUT2D eigenvalue weighted by Gasteiger charge is -2.21. The van der Waals surface area contributed by atoms with Crippen molar-refractivity contribution in [1.29, 1.82) is 0 Å². The number of benzene rings is 5. The predicted molar refractivity (Wildman–Crippen MR) is 163 cm³/mol. The summed E-state index contributed by atoms with van der Waals surface area (Å²) < 4.78 is 13.3. The Hall–Kier alpha value is -5.36. The lowest BCUT2D eigenvalue weighted by atomic mass is 9.82. The van der Waals surface area contributed by atoms with Crippen LogP contribution >= 0.6 is 0 Å². The van der Waals surface area contributed by atoms with Gasteiger partial charge in [-0.3, -0.25) is 8.80 Å². The van der Waals surface area contributed by atoms with Gasteiger partial charge in [-0.1, -0.05) is 68.4 Å². The third kappa shape index (κ3) is 2.10. The standard InChI is InChI=1S/C35H21N5O/c1-35(2)21-10-5-3-9-20(21)28-22(35)15-17-24-29(28)37-34-38(24)25-11-7-12-26-31(25)40(34)33-36-23-16-14-19-18-8-4-6-13-27(18)41-32(19)30(23)39(26)33/h3-17H,1-2H3. The van der Waals surface area contributed by atoms with Crippen LogP contribution in [0.5, 0.6) is 0 Å². The minimum atomic E-state index is -0.0706. The van der Waals surface area contributed by atoms with Crippen molar-refractivity contribution in [2.45, 2.75) is 19.3 Å². The first-order valence-corrected chi connectivity index (χ1v) is 14.0. The van der Waals surface area contributed by atoms with Gasteiger partial charge in [-0.25, -0.2) is 14.4 Å². The third-order valence-electron chi connectivity index (χ3n) is 9.59. The van der Waals surface area contributed by atoms with Gasteiger partial charge < -0.3 is 4.42 Å². The number of hydrogen-bond donors (Lipinski definition) is 0. The van der Waals surface area contributed by atoms with Gasteiger partial charge in [0.1, 0.15) is 16.6 Å². The Morgan fingerprint density at radius 3 is 2.34 bits per heavy atom. The normalized spacial score (nSPS) is 14.8. The van der Waals surface area contributed by atoms with Gasteiger partial charge in [-0.2, -0.15) is 0 Å². The molecule has 0 amide bonds. The largest absolute Gasteiger partial charge is 0.454 e. The molecule has 0 unspecified atom stereocenters. The molecule has 0 fully saturated rings. The van der Waals surface area contributed by atoms with E-state index in [-0.39, 0.29) is 5.41 Å². The third-order valence-corrected chi connectivity index (χ3v) is 9.59. The first-order chi connectivity index (χ1) is 20.1. The molecule has 5 aromatic carbocycles. The molecule has 10 aromatic rings. The first kappa shape index (κ1) is 20.5. The fraction of sp³-hybridized carbons (Fsp3) is 0.0857. The van der Waals surface area contributed by atoms with Crippen LogP contribution in [-0.2, 0) is 5.41 Å². The molecule has 0 bridgehead atoms. The molecule has 6 heteroatoms. The number of nitrogens with zero attached hydrogens (tertiary/aromatic N) is 5. The summed E-state index contributed by atoms with van der Waals surface area (Å²) in [6.45, 7) is 4.63. The molecule has 6 nitrogen and oxygen atoms in total. The molecule has 1 aliphatic rings. The quantitative estimate of drug-likeness (QED) is 0.199. The van der Waals surface area contributed by atoms with Crippen molar-refractivity contribution in [2.24, 2.45) is 0 Å². The number of fused-ring (bicyclic) bond motifs is 18. The van der Waals surface area contributed by atoms with E-state index in [4.69, 9.17) is 14.4 Å². The van der Waals surface area contributed by atoms with Crippen molar-refractivity contribution < 1.29 is 4.42 Å². The molecule has 11 rings (SSSR count).